The number of benzene rings is 2. The van der Waals surface area contributed by atoms with Gasteiger partial charge < -0.3 is 9.84 Å². The molecule has 1 aliphatic rings. The minimum atomic E-state index is -0.460. The fourth-order valence-corrected chi connectivity index (χ4v) is 3.07. The lowest BCUT2D eigenvalue weighted by atomic mass is 9.93. The molecule has 0 aromatic heterocycles. The highest BCUT2D eigenvalue weighted by Gasteiger charge is 2.28. The summed E-state index contributed by atoms with van der Waals surface area (Å²) < 4.78 is 6.12. The second kappa shape index (κ2) is 7.89. The van der Waals surface area contributed by atoms with Gasteiger partial charge in [0.1, 0.15) is 17.1 Å². The number of hydrogen-bond acceptors (Lipinski definition) is 3. The molecule has 0 radical (unpaired) electrons. The van der Waals surface area contributed by atoms with Gasteiger partial charge in [0.15, 0.2) is 5.78 Å². The van der Waals surface area contributed by atoms with Crippen molar-refractivity contribution < 1.29 is 14.6 Å². The molecule has 2 aromatic rings. The van der Waals surface area contributed by atoms with E-state index < -0.39 is 5.60 Å². The van der Waals surface area contributed by atoms with Gasteiger partial charge in [-0.1, -0.05) is 48.1 Å². The maximum absolute atomic E-state index is 12.8. The van der Waals surface area contributed by atoms with Crippen LogP contribution in [0.15, 0.2) is 60.2 Å². The summed E-state index contributed by atoms with van der Waals surface area (Å²) in [5, 5.41) is 10.8. The van der Waals surface area contributed by atoms with Crippen LogP contribution in [0.1, 0.15) is 54.7 Å². The van der Waals surface area contributed by atoms with Crippen molar-refractivity contribution in [3.8, 4) is 11.5 Å². The monoisotopic (exact) mass is 374 g/mol. The fourth-order valence-electron chi connectivity index (χ4n) is 3.07. The highest BCUT2D eigenvalue weighted by molar-refractivity contribution is 6.09. The van der Waals surface area contributed by atoms with Gasteiger partial charge in [0.2, 0.25) is 0 Å². The molecule has 0 atom stereocenters. The number of phenols is 1. The van der Waals surface area contributed by atoms with Gasteiger partial charge in [0.25, 0.3) is 0 Å². The molecular weight excluding hydrogens is 348 g/mol. The second-order valence-corrected chi connectivity index (χ2v) is 7.81. The Kier molecular flexibility index (Phi) is 5.55. The van der Waals surface area contributed by atoms with Crippen LogP contribution in [0.4, 0.5) is 0 Å². The molecule has 0 amide bonds. The number of ketones is 1. The van der Waals surface area contributed by atoms with E-state index in [1.807, 2.05) is 70.2 Å². The molecule has 28 heavy (non-hydrogen) atoms. The Morgan fingerprint density at radius 2 is 1.89 bits per heavy atom. The van der Waals surface area contributed by atoms with Gasteiger partial charge in [-0.15, -0.1) is 0 Å². The number of phenolic OH excluding ortho intramolecular Hbond substituents is 1. The third-order valence-electron chi connectivity index (χ3n) is 4.60. The summed E-state index contributed by atoms with van der Waals surface area (Å²) in [5.74, 6) is 0.373. The SMILES string of the molecule is CC(C)=CCc1cc(C(=O)/C=C/c2ccccc2)c(O)c2c1OC(C)(C)C=C2. The van der Waals surface area contributed by atoms with Crippen molar-refractivity contribution in [1.29, 1.82) is 0 Å². The van der Waals surface area contributed by atoms with Crippen molar-refractivity contribution in [3.05, 3.63) is 82.5 Å². The summed E-state index contributed by atoms with van der Waals surface area (Å²) in [6.07, 6.45) is 9.73. The maximum atomic E-state index is 12.8. The third kappa shape index (κ3) is 4.42. The number of ether oxygens (including phenoxy) is 1. The molecule has 0 aliphatic carbocycles. The third-order valence-corrected chi connectivity index (χ3v) is 4.60. The Morgan fingerprint density at radius 3 is 2.57 bits per heavy atom. The second-order valence-electron chi connectivity index (χ2n) is 7.81. The molecule has 0 bridgehead atoms. The van der Waals surface area contributed by atoms with E-state index in [0.717, 1.165) is 11.1 Å². The average molecular weight is 374 g/mol. The van der Waals surface area contributed by atoms with E-state index in [-0.39, 0.29) is 17.1 Å². The Balaban J connectivity index is 2.04. The zero-order valence-electron chi connectivity index (χ0n) is 16.8. The van der Waals surface area contributed by atoms with Crippen molar-refractivity contribution in [1.82, 2.24) is 0 Å². The van der Waals surface area contributed by atoms with Gasteiger partial charge in [-0.05, 0) is 69.5 Å². The number of carbonyl (C=O) groups is 1. The Hall–Kier alpha value is -3.07. The summed E-state index contributed by atoms with van der Waals surface area (Å²) in [5.41, 5.74) is 3.40. The van der Waals surface area contributed by atoms with Crippen LogP contribution in [0, 0.1) is 0 Å². The number of fused-ring (bicyclic) bond motifs is 1. The molecule has 144 valence electrons. The smallest absolute Gasteiger partial charge is 0.189 e. The fraction of sp³-hybridized carbons (Fsp3) is 0.240. The van der Waals surface area contributed by atoms with Crippen LogP contribution < -0.4 is 4.74 Å². The predicted octanol–water partition coefficient (Wildman–Crippen LogP) is 5.98. The van der Waals surface area contributed by atoms with Gasteiger partial charge in [-0.2, -0.15) is 0 Å². The van der Waals surface area contributed by atoms with Crippen molar-refractivity contribution in [2.75, 3.05) is 0 Å². The van der Waals surface area contributed by atoms with Crippen LogP contribution in [0.3, 0.4) is 0 Å². The molecule has 1 heterocycles. The minimum absolute atomic E-state index is 0.0367. The Bertz CT molecular complexity index is 973. The topological polar surface area (TPSA) is 46.5 Å². The standard InChI is InChI=1S/C25H26O3/c1-17(2)10-12-19-16-21(22(26)13-11-18-8-6-5-7-9-18)23(27)20-14-15-25(3,4)28-24(19)20/h5-11,13-16,27H,12H2,1-4H3/b13-11+. The number of carbonyl (C=O) groups excluding carboxylic acids is 1. The molecular formula is C25H26O3. The van der Waals surface area contributed by atoms with E-state index in [9.17, 15) is 9.90 Å². The molecule has 0 unspecified atom stereocenters. The largest absolute Gasteiger partial charge is 0.506 e. The van der Waals surface area contributed by atoms with E-state index in [4.69, 9.17) is 4.74 Å². The first-order valence-corrected chi connectivity index (χ1v) is 9.45. The van der Waals surface area contributed by atoms with Crippen molar-refractivity contribution >= 4 is 17.9 Å². The first kappa shape index (κ1) is 19.7. The first-order valence-electron chi connectivity index (χ1n) is 9.45. The van der Waals surface area contributed by atoms with Crippen LogP contribution in [0.25, 0.3) is 12.2 Å². The van der Waals surface area contributed by atoms with Gasteiger partial charge in [0, 0.05) is 0 Å². The van der Waals surface area contributed by atoms with Crippen LogP contribution in [-0.2, 0) is 6.42 Å². The predicted molar refractivity (Wildman–Crippen MR) is 115 cm³/mol. The average Bonchev–Trinajstić information content (AvgIpc) is 2.65. The lowest BCUT2D eigenvalue weighted by Crippen LogP contribution is -2.28. The van der Waals surface area contributed by atoms with Crippen molar-refractivity contribution in [2.24, 2.45) is 0 Å². The van der Waals surface area contributed by atoms with E-state index >= 15 is 0 Å². The van der Waals surface area contributed by atoms with Crippen LogP contribution in [0.5, 0.6) is 11.5 Å². The lowest BCUT2D eigenvalue weighted by molar-refractivity contribution is 0.104. The number of rotatable bonds is 5. The van der Waals surface area contributed by atoms with E-state index in [2.05, 4.69) is 6.08 Å². The summed E-state index contributed by atoms with van der Waals surface area (Å²) in [6.45, 7) is 8.00. The zero-order chi connectivity index (χ0) is 20.3. The molecule has 1 aliphatic heterocycles. The molecule has 3 nitrogen and oxygen atoms in total. The number of hydrogen-bond donors (Lipinski definition) is 1. The molecule has 0 spiro atoms. The molecule has 0 saturated carbocycles. The number of aromatic hydroxyl groups is 1. The van der Waals surface area contributed by atoms with E-state index in [1.165, 1.54) is 11.6 Å². The highest BCUT2D eigenvalue weighted by atomic mass is 16.5. The van der Waals surface area contributed by atoms with Crippen LogP contribution in [0.2, 0.25) is 0 Å². The molecule has 3 heteroatoms. The van der Waals surface area contributed by atoms with Crippen LogP contribution in [-0.4, -0.2) is 16.5 Å². The summed E-state index contributed by atoms with van der Waals surface area (Å²) in [6, 6.07) is 11.4. The maximum Gasteiger partial charge on any atom is 0.189 e. The molecule has 0 fully saturated rings. The minimum Gasteiger partial charge on any atom is -0.506 e. The van der Waals surface area contributed by atoms with Gasteiger partial charge in [-0.25, -0.2) is 0 Å². The summed E-state index contributed by atoms with van der Waals surface area (Å²) in [7, 11) is 0. The summed E-state index contributed by atoms with van der Waals surface area (Å²) >= 11 is 0. The first-order chi connectivity index (χ1) is 13.3. The van der Waals surface area contributed by atoms with Crippen LogP contribution >= 0.6 is 0 Å². The van der Waals surface area contributed by atoms with E-state index in [0.29, 0.717) is 17.7 Å². The van der Waals surface area contributed by atoms with Gasteiger partial charge in [-0.3, -0.25) is 4.79 Å². The quantitative estimate of drug-likeness (QED) is 0.398. The molecule has 3 rings (SSSR count). The molecule has 0 saturated heterocycles. The van der Waals surface area contributed by atoms with Gasteiger partial charge >= 0.3 is 0 Å². The lowest BCUT2D eigenvalue weighted by Gasteiger charge is -2.30. The normalized spacial score (nSPS) is 14.4. The van der Waals surface area contributed by atoms with Crippen molar-refractivity contribution in [2.45, 2.75) is 39.7 Å². The molecule has 1 N–H and O–H groups in total. The van der Waals surface area contributed by atoms with E-state index in [1.54, 1.807) is 12.1 Å². The molecule has 2 aromatic carbocycles. The Labute approximate surface area is 166 Å². The van der Waals surface area contributed by atoms with Gasteiger partial charge in [0.05, 0.1) is 11.1 Å². The van der Waals surface area contributed by atoms with Crippen molar-refractivity contribution in [3.63, 3.8) is 0 Å². The number of allylic oxidation sites excluding steroid dienone is 3. The Morgan fingerprint density at radius 1 is 1.18 bits per heavy atom. The summed E-state index contributed by atoms with van der Waals surface area (Å²) in [4.78, 5) is 12.8. The zero-order valence-corrected chi connectivity index (χ0v) is 16.8. The highest BCUT2D eigenvalue weighted by Crippen LogP contribution is 2.42.